The molecule has 15 nitrogen and oxygen atoms in total. The van der Waals surface area contributed by atoms with E-state index in [2.05, 4.69) is 25.1 Å². The predicted molar refractivity (Wildman–Crippen MR) is 225 cm³/mol. The number of hydrogen-bond donors (Lipinski definition) is 4. The van der Waals surface area contributed by atoms with Crippen molar-refractivity contribution in [1.29, 1.82) is 0 Å². The highest BCUT2D eigenvalue weighted by molar-refractivity contribution is 14.1. The second kappa shape index (κ2) is 15.6. The number of ether oxygens (including phenoxy) is 2. The number of nitrogens with zero attached hydrogens (tertiary/aromatic N) is 2. The van der Waals surface area contributed by atoms with Gasteiger partial charge < -0.3 is 25.0 Å². The Hall–Kier alpha value is -3.46. The molecule has 3 aromatic rings. The van der Waals surface area contributed by atoms with Crippen molar-refractivity contribution < 1.29 is 40.7 Å². The summed E-state index contributed by atoms with van der Waals surface area (Å²) in [6.45, 7) is 10.8. The number of alkyl halides is 1. The van der Waals surface area contributed by atoms with Crippen LogP contribution in [0.15, 0.2) is 53.6 Å². The number of rotatable bonds is 13. The molecular formula is C38H48ClIN6O9S2. The largest absolute Gasteiger partial charge is 0.494 e. The lowest BCUT2D eigenvalue weighted by Gasteiger charge is -2.36. The third-order valence-electron chi connectivity index (χ3n) is 9.98. The molecule has 1 unspecified atom stereocenters. The molecule has 2 heterocycles. The Morgan fingerprint density at radius 1 is 1.00 bits per heavy atom. The van der Waals surface area contributed by atoms with Gasteiger partial charge in [0.2, 0.25) is 37.7 Å². The number of amides is 3. The molecule has 3 aliphatic rings. The van der Waals surface area contributed by atoms with Crippen molar-refractivity contribution in [2.75, 3.05) is 19.0 Å². The summed E-state index contributed by atoms with van der Waals surface area (Å²) in [6.07, 6.45) is 1.90. The molecule has 4 N–H and O–H groups in total. The number of fused-ring (bicyclic) bond motifs is 1. The van der Waals surface area contributed by atoms with Gasteiger partial charge in [-0.15, -0.1) is 0 Å². The number of methoxy groups -OCH3 is 1. The predicted octanol–water partition coefficient (Wildman–Crippen LogP) is 4.52. The molecule has 0 spiro atoms. The van der Waals surface area contributed by atoms with Crippen LogP contribution in [0.5, 0.6) is 11.6 Å². The fourth-order valence-electron chi connectivity index (χ4n) is 6.76. The van der Waals surface area contributed by atoms with E-state index in [1.54, 1.807) is 51.1 Å². The first-order valence-corrected chi connectivity index (χ1v) is 23.1. The summed E-state index contributed by atoms with van der Waals surface area (Å²) in [6, 6.07) is 9.14. The maximum Gasteiger partial charge on any atom is 0.260 e. The van der Waals surface area contributed by atoms with Crippen LogP contribution < -0.4 is 29.6 Å². The lowest BCUT2D eigenvalue weighted by atomic mass is 9.85. The molecule has 0 bridgehead atoms. The summed E-state index contributed by atoms with van der Waals surface area (Å²) in [7, 11) is -6.18. The highest BCUT2D eigenvalue weighted by atomic mass is 127. The van der Waals surface area contributed by atoms with E-state index in [0.717, 1.165) is 0 Å². The summed E-state index contributed by atoms with van der Waals surface area (Å²) >= 11 is 8.37. The van der Waals surface area contributed by atoms with Crippen LogP contribution in [0.25, 0.3) is 10.8 Å². The van der Waals surface area contributed by atoms with Crippen LogP contribution in [-0.2, 0) is 34.4 Å². The second-order valence-corrected chi connectivity index (χ2v) is 22.5. The molecule has 0 radical (unpaired) electrons. The smallest absolute Gasteiger partial charge is 0.260 e. The summed E-state index contributed by atoms with van der Waals surface area (Å²) < 4.78 is 67.7. The molecular weight excluding hydrogens is 911 g/mol. The molecule has 1 aromatic heterocycles. The van der Waals surface area contributed by atoms with Crippen LogP contribution in [0, 0.1) is 5.41 Å². The highest BCUT2D eigenvalue weighted by Gasteiger charge is 2.62. The minimum absolute atomic E-state index is 0.0154. The first-order chi connectivity index (χ1) is 26.4. The van der Waals surface area contributed by atoms with Gasteiger partial charge in [0, 0.05) is 37.4 Å². The fraction of sp³-hybridized carbons (Fsp3) is 0.526. The van der Waals surface area contributed by atoms with Crippen molar-refractivity contribution >= 4 is 88.4 Å². The Morgan fingerprint density at radius 3 is 2.21 bits per heavy atom. The van der Waals surface area contributed by atoms with E-state index in [1.165, 1.54) is 30.3 Å². The normalized spacial score (nSPS) is 23.1. The third kappa shape index (κ3) is 9.55. The van der Waals surface area contributed by atoms with Gasteiger partial charge in [-0.1, -0.05) is 55.0 Å². The number of halogens is 2. The quantitative estimate of drug-likeness (QED) is 0.139. The van der Waals surface area contributed by atoms with Gasteiger partial charge in [-0.25, -0.2) is 26.5 Å². The minimum Gasteiger partial charge on any atom is -0.494 e. The lowest BCUT2D eigenvalue weighted by Crippen LogP contribution is -2.58. The first kappa shape index (κ1) is 43.1. The first-order valence-electron chi connectivity index (χ1n) is 18.5. The van der Waals surface area contributed by atoms with Crippen molar-refractivity contribution in [3.63, 3.8) is 0 Å². The van der Waals surface area contributed by atoms with Crippen molar-refractivity contribution in [3.8, 4) is 11.6 Å². The van der Waals surface area contributed by atoms with Crippen LogP contribution in [0.4, 0.5) is 5.69 Å². The van der Waals surface area contributed by atoms with E-state index in [0.29, 0.717) is 40.1 Å². The molecule has 3 amide bonds. The third-order valence-corrected chi connectivity index (χ3v) is 15.3. The molecule has 2 aromatic carbocycles. The number of benzene rings is 2. The Morgan fingerprint density at radius 2 is 1.65 bits per heavy atom. The van der Waals surface area contributed by atoms with Crippen LogP contribution in [0.1, 0.15) is 67.2 Å². The number of anilines is 1. The van der Waals surface area contributed by atoms with Crippen LogP contribution >= 0.6 is 34.2 Å². The van der Waals surface area contributed by atoms with Gasteiger partial charge in [-0.2, -0.15) is 0 Å². The van der Waals surface area contributed by atoms with E-state index < -0.39 is 77.7 Å². The van der Waals surface area contributed by atoms with Crippen molar-refractivity contribution in [3.05, 3.63) is 53.7 Å². The standard InChI is InChI=1S/C38H48ClIN6O9S2/c1-36(2,3)31(42-22-9-11-25(12-10-22)57(52,53)45-37(4,5)6)34(48)46-20-23(55-33-27-16-21(39)8-15-26(27)29(54-7)19-41-33)17-28(46)32(47)43-38(18-30(38)40)35(49)44-56(50,51)24-13-14-24/h8-12,15-16,19,23-24,28,30-31,42,45H,13-14,17-18,20H2,1-7H3,(H,43,47)(H,44,49)/t23-,28+,30-,31?,38-/m1/s1. The average molecular weight is 959 g/mol. The number of carbonyl (C=O) groups excluding carboxylic acids is 3. The molecule has 1 aliphatic heterocycles. The molecule has 19 heteroatoms. The van der Waals surface area contributed by atoms with Gasteiger partial charge >= 0.3 is 0 Å². The molecule has 5 atom stereocenters. The maximum atomic E-state index is 14.8. The summed E-state index contributed by atoms with van der Waals surface area (Å²) in [5, 5.41) is 7.13. The molecule has 3 fully saturated rings. The topological polar surface area (TPSA) is 202 Å². The van der Waals surface area contributed by atoms with Gasteiger partial charge in [-0.3, -0.25) is 19.1 Å². The Balaban J connectivity index is 1.30. The number of carbonyl (C=O) groups is 3. The average Bonchev–Trinajstić information content (AvgIpc) is 4.03. The van der Waals surface area contributed by atoms with Gasteiger partial charge in [-0.05, 0) is 87.9 Å². The molecule has 6 rings (SSSR count). The van der Waals surface area contributed by atoms with Crippen molar-refractivity contribution in [1.82, 2.24) is 24.6 Å². The minimum atomic E-state index is -3.89. The maximum absolute atomic E-state index is 14.8. The SMILES string of the molecule is COc1cnc(O[C@@H]2C[C@@H](C(=O)N[C@]3(C(=O)NS(=O)(=O)C4CC4)C[C@H]3I)N(C(=O)C(Nc3ccc(S(=O)(=O)NC(C)(C)C)cc3)C(C)(C)C)C2)c2cc(Cl)ccc12. The lowest BCUT2D eigenvalue weighted by molar-refractivity contribution is -0.141. The summed E-state index contributed by atoms with van der Waals surface area (Å²) in [5.41, 5.74) is -2.45. The zero-order valence-corrected chi connectivity index (χ0v) is 37.2. The summed E-state index contributed by atoms with van der Waals surface area (Å²) in [4.78, 5) is 48.5. The Bertz CT molecular complexity index is 2300. The number of nitrogens with one attached hydrogen (secondary N) is 4. The van der Waals surface area contributed by atoms with Crippen LogP contribution in [0.3, 0.4) is 0 Å². The van der Waals surface area contributed by atoms with Crippen LogP contribution in [0.2, 0.25) is 5.02 Å². The van der Waals surface area contributed by atoms with Gasteiger partial charge in [0.25, 0.3) is 5.91 Å². The number of sulfonamides is 2. The van der Waals surface area contributed by atoms with E-state index in [4.69, 9.17) is 21.1 Å². The summed E-state index contributed by atoms with van der Waals surface area (Å²) in [5.74, 6) is -1.20. The molecule has 2 saturated carbocycles. The van der Waals surface area contributed by atoms with Gasteiger partial charge in [0.15, 0.2) is 0 Å². The highest BCUT2D eigenvalue weighted by Crippen LogP contribution is 2.45. The Labute approximate surface area is 352 Å². The van der Waals surface area contributed by atoms with Crippen molar-refractivity contribution in [2.45, 2.75) is 111 Å². The van der Waals surface area contributed by atoms with E-state index >= 15 is 0 Å². The second-order valence-electron chi connectivity index (χ2n) is 16.9. The monoisotopic (exact) mass is 958 g/mol. The van der Waals surface area contributed by atoms with Gasteiger partial charge in [0.05, 0.1) is 30.0 Å². The Kier molecular flexibility index (Phi) is 11.8. The number of pyridine rings is 1. The number of hydrogen-bond acceptors (Lipinski definition) is 11. The fourth-order valence-corrected chi connectivity index (χ4v) is 10.8. The molecule has 310 valence electrons. The van der Waals surface area contributed by atoms with E-state index in [9.17, 15) is 31.2 Å². The molecule has 1 saturated heterocycles. The zero-order chi connectivity index (χ0) is 41.9. The van der Waals surface area contributed by atoms with Gasteiger partial charge in [0.1, 0.15) is 29.5 Å². The van der Waals surface area contributed by atoms with E-state index in [-0.39, 0.29) is 34.1 Å². The zero-order valence-electron chi connectivity index (χ0n) is 32.7. The van der Waals surface area contributed by atoms with E-state index in [1.807, 2.05) is 43.4 Å². The van der Waals surface area contributed by atoms with Crippen LogP contribution in [-0.4, -0.2) is 96.5 Å². The number of likely N-dealkylation sites (tertiary alicyclic amines) is 1. The number of aromatic nitrogens is 1. The molecule has 2 aliphatic carbocycles. The van der Waals surface area contributed by atoms with Crippen molar-refractivity contribution in [2.24, 2.45) is 5.41 Å². The molecule has 57 heavy (non-hydrogen) atoms.